The molecule has 1 heterocycles. The molecule has 2 radical (unpaired) electrons. The zero-order chi connectivity index (χ0) is 15.2. The van der Waals surface area contributed by atoms with Gasteiger partial charge in [0.1, 0.15) is 0 Å². The summed E-state index contributed by atoms with van der Waals surface area (Å²) in [4.78, 5) is 0. The largest absolute Gasteiger partial charge is 0.267 e. The summed E-state index contributed by atoms with van der Waals surface area (Å²) in [6.07, 6.45) is 18.2. The zero-order valence-electron chi connectivity index (χ0n) is 12.9. The maximum atomic E-state index is 4.55. The summed E-state index contributed by atoms with van der Waals surface area (Å²) in [5, 5.41) is 4.55. The molecule has 0 saturated heterocycles. The molecule has 0 N–H and O–H groups in total. The van der Waals surface area contributed by atoms with Gasteiger partial charge < -0.3 is 0 Å². The SMILES string of the molecule is Cn1nc(C2=C[CH]C=C2)cc1-c1ccccc1.[CH]1C=CC=C1.[Fe]. The van der Waals surface area contributed by atoms with E-state index in [-0.39, 0.29) is 17.1 Å². The molecule has 23 heavy (non-hydrogen) atoms. The van der Waals surface area contributed by atoms with Crippen molar-refractivity contribution in [3.8, 4) is 11.3 Å². The molecule has 0 aliphatic heterocycles. The summed E-state index contributed by atoms with van der Waals surface area (Å²) in [6, 6.07) is 12.5. The van der Waals surface area contributed by atoms with Crippen molar-refractivity contribution >= 4 is 5.57 Å². The van der Waals surface area contributed by atoms with Crippen LogP contribution in [0.5, 0.6) is 0 Å². The first kappa shape index (κ1) is 17.3. The van der Waals surface area contributed by atoms with Crippen LogP contribution in [0.3, 0.4) is 0 Å². The number of allylic oxidation sites excluding steroid dienone is 8. The standard InChI is InChI=1S/C15H13N2.C5H5.Fe/c1-17-15(13-9-3-2-4-10-13)11-14(16-17)12-7-5-6-8-12;1-2-4-5-3-1;/h2-11H,1H3;1-5H;. The number of rotatable bonds is 2. The number of benzene rings is 1. The molecule has 0 unspecified atom stereocenters. The van der Waals surface area contributed by atoms with Gasteiger partial charge in [0.25, 0.3) is 0 Å². The summed E-state index contributed by atoms with van der Waals surface area (Å²) in [5.74, 6) is 0. The summed E-state index contributed by atoms with van der Waals surface area (Å²) < 4.78 is 1.93. The molecule has 2 nitrogen and oxygen atoms in total. The third-order valence-electron chi connectivity index (χ3n) is 3.46. The monoisotopic (exact) mass is 342 g/mol. The number of aromatic nitrogens is 2. The van der Waals surface area contributed by atoms with E-state index >= 15 is 0 Å². The van der Waals surface area contributed by atoms with Crippen LogP contribution in [0.4, 0.5) is 0 Å². The molecule has 0 bridgehead atoms. The Balaban J connectivity index is 0.000000276. The van der Waals surface area contributed by atoms with Gasteiger partial charge in [-0.05, 0) is 17.2 Å². The van der Waals surface area contributed by atoms with Crippen molar-refractivity contribution in [3.05, 3.63) is 97.5 Å². The van der Waals surface area contributed by atoms with Gasteiger partial charge in [-0.25, -0.2) is 0 Å². The van der Waals surface area contributed by atoms with Gasteiger partial charge in [-0.3, -0.25) is 4.68 Å². The van der Waals surface area contributed by atoms with Crippen molar-refractivity contribution in [2.24, 2.45) is 7.05 Å². The molecule has 0 spiro atoms. The first-order chi connectivity index (χ1) is 10.8. The number of aryl methyl sites for hydroxylation is 1. The second-order valence-corrected chi connectivity index (χ2v) is 5.04. The molecule has 3 heteroatoms. The minimum absolute atomic E-state index is 0. The first-order valence-electron chi connectivity index (χ1n) is 7.33. The molecule has 0 saturated carbocycles. The number of hydrogen-bond donors (Lipinski definition) is 0. The average molecular weight is 342 g/mol. The fourth-order valence-electron chi connectivity index (χ4n) is 2.35. The van der Waals surface area contributed by atoms with Crippen LogP contribution in [0.15, 0.2) is 78.9 Å². The minimum atomic E-state index is 0. The van der Waals surface area contributed by atoms with Crippen LogP contribution in [0, 0.1) is 12.8 Å². The van der Waals surface area contributed by atoms with E-state index in [9.17, 15) is 0 Å². The normalized spacial score (nSPS) is 14.2. The van der Waals surface area contributed by atoms with Crippen molar-refractivity contribution in [2.75, 3.05) is 0 Å². The van der Waals surface area contributed by atoms with Gasteiger partial charge in [-0.2, -0.15) is 5.10 Å². The van der Waals surface area contributed by atoms with Crippen molar-refractivity contribution in [3.63, 3.8) is 0 Å². The quantitative estimate of drug-likeness (QED) is 0.732. The number of hydrogen-bond acceptors (Lipinski definition) is 1. The van der Waals surface area contributed by atoms with E-state index in [0.717, 1.165) is 11.4 Å². The Kier molecular flexibility index (Phi) is 6.39. The number of nitrogens with zero attached hydrogens (tertiary/aromatic N) is 2. The molecule has 1 aromatic carbocycles. The fourth-order valence-corrected chi connectivity index (χ4v) is 2.35. The van der Waals surface area contributed by atoms with Crippen LogP contribution >= 0.6 is 0 Å². The Bertz CT molecular complexity index is 739. The molecule has 0 atom stereocenters. The second-order valence-electron chi connectivity index (χ2n) is 5.04. The Hall–Kier alpha value is -2.09. The summed E-state index contributed by atoms with van der Waals surface area (Å²) in [5.41, 5.74) is 4.53. The molecule has 0 amide bonds. The van der Waals surface area contributed by atoms with Gasteiger partial charge in [0.05, 0.1) is 11.4 Å². The van der Waals surface area contributed by atoms with E-state index in [1.165, 1.54) is 11.1 Å². The third kappa shape index (κ3) is 4.44. The van der Waals surface area contributed by atoms with E-state index in [0.29, 0.717) is 0 Å². The van der Waals surface area contributed by atoms with Crippen molar-refractivity contribution in [1.29, 1.82) is 0 Å². The third-order valence-corrected chi connectivity index (χ3v) is 3.46. The summed E-state index contributed by atoms with van der Waals surface area (Å²) in [7, 11) is 1.98. The van der Waals surface area contributed by atoms with Crippen LogP contribution in [-0.2, 0) is 24.1 Å². The Labute approximate surface area is 148 Å². The molecule has 4 rings (SSSR count). The van der Waals surface area contributed by atoms with Crippen LogP contribution < -0.4 is 0 Å². The summed E-state index contributed by atoms with van der Waals surface area (Å²) >= 11 is 0. The van der Waals surface area contributed by atoms with Crippen molar-refractivity contribution < 1.29 is 17.1 Å². The predicted octanol–water partition coefficient (Wildman–Crippen LogP) is 4.56. The van der Waals surface area contributed by atoms with Crippen molar-refractivity contribution in [2.45, 2.75) is 0 Å². The van der Waals surface area contributed by atoms with Gasteiger partial charge in [0, 0.05) is 37.0 Å². The first-order valence-corrected chi connectivity index (χ1v) is 7.33. The Morgan fingerprint density at radius 1 is 0.870 bits per heavy atom. The minimum Gasteiger partial charge on any atom is -0.267 e. The van der Waals surface area contributed by atoms with E-state index in [1.54, 1.807) is 0 Å². The van der Waals surface area contributed by atoms with Crippen molar-refractivity contribution in [1.82, 2.24) is 9.78 Å². The maximum Gasteiger partial charge on any atom is 0.0926 e. The smallest absolute Gasteiger partial charge is 0.0926 e. The van der Waals surface area contributed by atoms with Crippen LogP contribution in [0.1, 0.15) is 5.69 Å². The molecule has 116 valence electrons. The van der Waals surface area contributed by atoms with Gasteiger partial charge >= 0.3 is 0 Å². The van der Waals surface area contributed by atoms with Crippen LogP contribution in [-0.4, -0.2) is 9.78 Å². The molecule has 0 fully saturated rings. The van der Waals surface area contributed by atoms with E-state index in [1.807, 2.05) is 73.2 Å². The average Bonchev–Trinajstić information content (AvgIpc) is 3.31. The maximum absolute atomic E-state index is 4.55. The van der Waals surface area contributed by atoms with E-state index in [4.69, 9.17) is 0 Å². The van der Waals surface area contributed by atoms with Crippen LogP contribution in [0.25, 0.3) is 16.8 Å². The van der Waals surface area contributed by atoms with Gasteiger partial charge in [-0.15, -0.1) is 0 Å². The van der Waals surface area contributed by atoms with Gasteiger partial charge in [-0.1, -0.05) is 72.9 Å². The molecular weight excluding hydrogens is 324 g/mol. The predicted molar refractivity (Wildman–Crippen MR) is 92.6 cm³/mol. The van der Waals surface area contributed by atoms with Gasteiger partial charge in [0.15, 0.2) is 0 Å². The molecule has 2 aromatic rings. The van der Waals surface area contributed by atoms with Gasteiger partial charge in [0.2, 0.25) is 0 Å². The molecule has 2 aliphatic rings. The molecule has 2 aliphatic carbocycles. The summed E-state index contributed by atoms with van der Waals surface area (Å²) in [6.45, 7) is 0. The molecule has 1 aromatic heterocycles. The van der Waals surface area contributed by atoms with Crippen LogP contribution in [0.2, 0.25) is 0 Å². The Morgan fingerprint density at radius 3 is 2.17 bits per heavy atom. The van der Waals surface area contributed by atoms with E-state index in [2.05, 4.69) is 35.4 Å². The Morgan fingerprint density at radius 2 is 1.61 bits per heavy atom. The zero-order valence-corrected chi connectivity index (χ0v) is 14.0. The second kappa shape index (κ2) is 8.52. The fraction of sp³-hybridized carbons (Fsp3) is 0.0500. The molecular formula is C20H18FeN2. The van der Waals surface area contributed by atoms with E-state index < -0.39 is 0 Å². The topological polar surface area (TPSA) is 17.8 Å².